The first kappa shape index (κ1) is 12.6. The fourth-order valence-corrected chi connectivity index (χ4v) is 0.468. The number of rotatable bonds is 4. The van der Waals surface area contributed by atoms with E-state index in [0.717, 1.165) is 19.5 Å². The Hall–Kier alpha value is 1.91. The van der Waals surface area contributed by atoms with Crippen LogP contribution in [0.5, 0.6) is 0 Å². The second kappa shape index (κ2) is 11.7. The van der Waals surface area contributed by atoms with Crippen molar-refractivity contribution in [3.05, 3.63) is 4.72 Å². The van der Waals surface area contributed by atoms with Gasteiger partial charge in [0.05, 0.1) is 0 Å². The molecule has 0 rings (SSSR count). The first-order valence-corrected chi connectivity index (χ1v) is 2.77. The summed E-state index contributed by atoms with van der Waals surface area (Å²) >= 11 is 3.69. The van der Waals surface area contributed by atoms with Crippen molar-refractivity contribution in [3.8, 4) is 0 Å². The van der Waals surface area contributed by atoms with Gasteiger partial charge < -0.3 is 22.9 Å². The Kier molecular flexibility index (Phi) is 18.3. The number of thiol groups is 1. The molecule has 2 nitrogen and oxygen atoms in total. The molecule has 0 amide bonds. The van der Waals surface area contributed by atoms with Crippen LogP contribution in [0.2, 0.25) is 0 Å². The third-order valence-electron chi connectivity index (χ3n) is 0.685. The molecule has 4 heteroatoms. The number of nitrogens with zero attached hydrogens (tertiary/aromatic N) is 1. The fourth-order valence-electron chi connectivity index (χ4n) is 0.327. The van der Waals surface area contributed by atoms with Gasteiger partial charge in [-0.05, 0) is 13.6 Å². The number of hydrogen-bond donors (Lipinski definition) is 2. The first-order chi connectivity index (χ1) is 3.41. The van der Waals surface area contributed by atoms with E-state index in [0.29, 0.717) is 0 Å². The van der Waals surface area contributed by atoms with Crippen molar-refractivity contribution in [2.75, 3.05) is 20.1 Å². The Morgan fingerprint density at radius 1 is 1.62 bits per heavy atom. The molecule has 0 aliphatic carbocycles. The Morgan fingerprint density at radius 3 is 2.62 bits per heavy atom. The summed E-state index contributed by atoms with van der Waals surface area (Å²) in [6.45, 7) is 1.88. The predicted molar refractivity (Wildman–Crippen MR) is 35.8 cm³/mol. The summed E-state index contributed by atoms with van der Waals surface area (Å²) < 4.78 is 3.63. The molecule has 0 aliphatic rings. The van der Waals surface area contributed by atoms with Gasteiger partial charge in [0.15, 0.2) is 0 Å². The van der Waals surface area contributed by atoms with Crippen molar-refractivity contribution in [2.45, 2.75) is 6.42 Å². The Bertz CT molecular complexity index is 33.2. The van der Waals surface area contributed by atoms with Gasteiger partial charge in [-0.1, -0.05) is 6.42 Å². The third kappa shape index (κ3) is 10.8. The van der Waals surface area contributed by atoms with Crippen molar-refractivity contribution in [3.63, 3.8) is 0 Å². The molecule has 0 fully saturated rings. The maximum Gasteiger partial charge on any atom is 1.00 e. The zero-order valence-corrected chi connectivity index (χ0v) is 9.53. The maximum atomic E-state index is 3.69. The molecule has 0 aromatic carbocycles. The second-order valence-corrected chi connectivity index (χ2v) is 1.60. The van der Waals surface area contributed by atoms with Gasteiger partial charge in [0, 0.05) is 0 Å². The molecule has 1 N–H and O–H groups in total. The van der Waals surface area contributed by atoms with Crippen LogP contribution in [0.3, 0.4) is 0 Å². The SMILES string of the molecule is CNCCC[N-]S.[K+]. The summed E-state index contributed by atoms with van der Waals surface area (Å²) in [6.07, 6.45) is 1.08. The largest absolute Gasteiger partial charge is 1.00 e. The van der Waals surface area contributed by atoms with Crippen molar-refractivity contribution in [2.24, 2.45) is 0 Å². The van der Waals surface area contributed by atoms with Crippen molar-refractivity contribution in [1.82, 2.24) is 5.32 Å². The van der Waals surface area contributed by atoms with E-state index in [2.05, 4.69) is 22.9 Å². The predicted octanol–water partition coefficient (Wildman–Crippen LogP) is -2.18. The molecule has 0 spiro atoms. The Morgan fingerprint density at radius 2 is 2.25 bits per heavy atom. The van der Waals surface area contributed by atoms with Crippen molar-refractivity contribution >= 4 is 12.8 Å². The summed E-state index contributed by atoms with van der Waals surface area (Å²) in [5, 5.41) is 3.01. The zero-order valence-electron chi connectivity index (χ0n) is 5.52. The van der Waals surface area contributed by atoms with Gasteiger partial charge in [0.2, 0.25) is 0 Å². The van der Waals surface area contributed by atoms with E-state index in [1.165, 1.54) is 0 Å². The van der Waals surface area contributed by atoms with Crippen LogP contribution in [-0.4, -0.2) is 20.1 Å². The molecule has 0 aromatic heterocycles. The molecule has 0 unspecified atom stereocenters. The molecule has 0 saturated carbocycles. The van der Waals surface area contributed by atoms with Crippen molar-refractivity contribution in [1.29, 1.82) is 0 Å². The molecule has 8 heavy (non-hydrogen) atoms. The maximum absolute atomic E-state index is 3.69. The van der Waals surface area contributed by atoms with Crippen LogP contribution in [0.1, 0.15) is 6.42 Å². The molecule has 0 bridgehead atoms. The monoisotopic (exact) mass is 158 g/mol. The van der Waals surface area contributed by atoms with Gasteiger partial charge in [-0.15, -0.1) is 6.54 Å². The molecule has 0 atom stereocenters. The topological polar surface area (TPSA) is 26.1 Å². The molecule has 0 aromatic rings. The molecule has 0 aliphatic heterocycles. The summed E-state index contributed by atoms with van der Waals surface area (Å²) in [7, 11) is 1.93. The van der Waals surface area contributed by atoms with Crippen LogP contribution >= 0.6 is 12.8 Å². The van der Waals surface area contributed by atoms with Crippen LogP contribution in [0, 0.1) is 0 Å². The quantitative estimate of drug-likeness (QED) is 0.272. The van der Waals surface area contributed by atoms with Gasteiger partial charge in [-0.2, -0.15) is 0 Å². The summed E-state index contributed by atoms with van der Waals surface area (Å²) in [5.41, 5.74) is 0. The van der Waals surface area contributed by atoms with E-state index in [-0.39, 0.29) is 51.4 Å². The number of nitrogens with one attached hydrogen (secondary N) is 1. The molecule has 0 heterocycles. The minimum atomic E-state index is 0. The average Bonchev–Trinajstić information content (AvgIpc) is 1.69. The molecular formula is C4H11KN2S. The van der Waals surface area contributed by atoms with E-state index in [4.69, 9.17) is 0 Å². The summed E-state index contributed by atoms with van der Waals surface area (Å²) in [6, 6.07) is 0. The minimum Gasteiger partial charge on any atom is -0.609 e. The summed E-state index contributed by atoms with van der Waals surface area (Å²) in [4.78, 5) is 0. The van der Waals surface area contributed by atoms with Gasteiger partial charge in [0.25, 0.3) is 0 Å². The molecule has 0 saturated heterocycles. The third-order valence-corrected chi connectivity index (χ3v) is 0.885. The molecular weight excluding hydrogens is 147 g/mol. The summed E-state index contributed by atoms with van der Waals surface area (Å²) in [5.74, 6) is 0. The van der Waals surface area contributed by atoms with Gasteiger partial charge in [0.1, 0.15) is 0 Å². The zero-order chi connectivity index (χ0) is 5.54. The minimum absolute atomic E-state index is 0. The standard InChI is InChI=1S/C4H11N2S.K/c1-5-3-2-4-6-7;/h5,7H,2-4H2,1H3;/q-1;+1. The van der Waals surface area contributed by atoms with E-state index < -0.39 is 0 Å². The smallest absolute Gasteiger partial charge is 0.609 e. The van der Waals surface area contributed by atoms with E-state index in [1.54, 1.807) is 0 Å². The van der Waals surface area contributed by atoms with Crippen LogP contribution in [0.25, 0.3) is 4.72 Å². The number of hydrogen-bond acceptors (Lipinski definition) is 2. The molecule has 0 radical (unpaired) electrons. The van der Waals surface area contributed by atoms with E-state index in [9.17, 15) is 0 Å². The Balaban J connectivity index is 0. The normalized spacial score (nSPS) is 8.25. The van der Waals surface area contributed by atoms with E-state index >= 15 is 0 Å². The van der Waals surface area contributed by atoms with Crippen LogP contribution in [-0.2, 0) is 0 Å². The second-order valence-electron chi connectivity index (χ2n) is 1.32. The first-order valence-electron chi connectivity index (χ1n) is 2.37. The van der Waals surface area contributed by atoms with Crippen molar-refractivity contribution < 1.29 is 51.4 Å². The Labute approximate surface area is 99.1 Å². The van der Waals surface area contributed by atoms with Gasteiger partial charge in [-0.3, -0.25) is 0 Å². The van der Waals surface area contributed by atoms with Crippen LogP contribution in [0.15, 0.2) is 0 Å². The fraction of sp³-hybridized carbons (Fsp3) is 1.00. The van der Waals surface area contributed by atoms with Gasteiger partial charge >= 0.3 is 51.4 Å². The van der Waals surface area contributed by atoms with Gasteiger partial charge in [-0.25, -0.2) is 0 Å². The average molecular weight is 158 g/mol. The van der Waals surface area contributed by atoms with Crippen LogP contribution in [0.4, 0.5) is 0 Å². The molecule has 44 valence electrons. The van der Waals surface area contributed by atoms with Crippen LogP contribution < -0.4 is 56.7 Å². The van der Waals surface area contributed by atoms with E-state index in [1.807, 2.05) is 7.05 Å².